The van der Waals surface area contributed by atoms with Crippen LogP contribution in [0, 0.1) is 0 Å². The van der Waals surface area contributed by atoms with Crippen molar-refractivity contribution in [1.29, 1.82) is 0 Å². The summed E-state index contributed by atoms with van der Waals surface area (Å²) >= 11 is 0. The SMILES string of the molecule is CCCC(=O)c1cc(C(=O)CC)c2c(c1)[C@H](c1ccccc1)[C@@H](CF)O2. The van der Waals surface area contributed by atoms with Gasteiger partial charge in [0.05, 0.1) is 11.5 Å². The van der Waals surface area contributed by atoms with E-state index in [1.807, 2.05) is 37.3 Å². The van der Waals surface area contributed by atoms with Crippen LogP contribution in [-0.2, 0) is 0 Å². The average Bonchev–Trinajstić information content (AvgIpc) is 3.06. The van der Waals surface area contributed by atoms with Crippen LogP contribution in [0.15, 0.2) is 42.5 Å². The summed E-state index contributed by atoms with van der Waals surface area (Å²) in [6.45, 7) is 3.05. The maximum atomic E-state index is 13.7. The van der Waals surface area contributed by atoms with Crippen LogP contribution in [0.1, 0.15) is 70.9 Å². The molecule has 0 saturated heterocycles. The van der Waals surface area contributed by atoms with Crippen molar-refractivity contribution in [2.45, 2.75) is 45.1 Å². The van der Waals surface area contributed by atoms with Gasteiger partial charge in [-0.15, -0.1) is 0 Å². The second-order valence-corrected chi connectivity index (χ2v) is 6.59. The normalized spacial score (nSPS) is 18.3. The number of carbonyl (C=O) groups is 2. The van der Waals surface area contributed by atoms with Crippen molar-refractivity contribution in [1.82, 2.24) is 0 Å². The molecule has 0 unspecified atom stereocenters. The molecule has 136 valence electrons. The third-order valence-corrected chi connectivity index (χ3v) is 4.83. The lowest BCUT2D eigenvalue weighted by Crippen LogP contribution is -2.22. The van der Waals surface area contributed by atoms with Crippen LogP contribution in [-0.4, -0.2) is 24.3 Å². The largest absolute Gasteiger partial charge is 0.486 e. The molecule has 3 nitrogen and oxygen atoms in total. The summed E-state index contributed by atoms with van der Waals surface area (Å²) in [5.74, 6) is 0.00469. The van der Waals surface area contributed by atoms with Gasteiger partial charge in [-0.2, -0.15) is 0 Å². The highest BCUT2D eigenvalue weighted by atomic mass is 19.1. The first kappa shape index (κ1) is 18.3. The molecule has 2 aromatic carbocycles. The highest BCUT2D eigenvalue weighted by Crippen LogP contribution is 2.45. The third-order valence-electron chi connectivity index (χ3n) is 4.83. The smallest absolute Gasteiger partial charge is 0.166 e. The van der Waals surface area contributed by atoms with Gasteiger partial charge in [-0.3, -0.25) is 9.59 Å². The van der Waals surface area contributed by atoms with Crippen molar-refractivity contribution < 1.29 is 18.7 Å². The Morgan fingerprint density at radius 3 is 2.42 bits per heavy atom. The molecular formula is C22H23FO3. The summed E-state index contributed by atoms with van der Waals surface area (Å²) in [4.78, 5) is 24.9. The molecule has 3 rings (SSSR count). The molecule has 26 heavy (non-hydrogen) atoms. The molecule has 0 aromatic heterocycles. The fourth-order valence-electron chi connectivity index (χ4n) is 3.54. The van der Waals surface area contributed by atoms with E-state index < -0.39 is 12.8 Å². The van der Waals surface area contributed by atoms with E-state index in [9.17, 15) is 14.0 Å². The Kier molecular flexibility index (Phi) is 5.50. The van der Waals surface area contributed by atoms with E-state index in [1.165, 1.54) is 0 Å². The van der Waals surface area contributed by atoms with Crippen LogP contribution in [0.25, 0.3) is 0 Å². The maximum Gasteiger partial charge on any atom is 0.166 e. The van der Waals surface area contributed by atoms with Gasteiger partial charge < -0.3 is 4.74 Å². The van der Waals surface area contributed by atoms with E-state index in [0.29, 0.717) is 29.7 Å². The van der Waals surface area contributed by atoms with Gasteiger partial charge in [0.15, 0.2) is 11.6 Å². The summed E-state index contributed by atoms with van der Waals surface area (Å²) in [6, 6.07) is 12.9. The van der Waals surface area contributed by atoms with Crippen molar-refractivity contribution in [3.8, 4) is 5.75 Å². The van der Waals surface area contributed by atoms with Crippen molar-refractivity contribution in [2.75, 3.05) is 6.67 Å². The number of alkyl halides is 1. The number of rotatable bonds is 7. The van der Waals surface area contributed by atoms with Gasteiger partial charge in [0.1, 0.15) is 18.5 Å². The number of ether oxygens (including phenoxy) is 1. The number of fused-ring (bicyclic) bond motifs is 1. The Labute approximate surface area is 153 Å². The molecule has 0 radical (unpaired) electrons. The molecule has 0 saturated carbocycles. The van der Waals surface area contributed by atoms with Crippen LogP contribution in [0.5, 0.6) is 5.75 Å². The number of benzene rings is 2. The molecule has 1 aliphatic heterocycles. The van der Waals surface area contributed by atoms with E-state index in [0.717, 1.165) is 17.5 Å². The lowest BCUT2D eigenvalue weighted by molar-refractivity contribution is 0.0980. The molecule has 0 fully saturated rings. The minimum atomic E-state index is -0.688. The first-order valence-corrected chi connectivity index (χ1v) is 9.12. The van der Waals surface area contributed by atoms with Crippen molar-refractivity contribution in [3.05, 3.63) is 64.7 Å². The van der Waals surface area contributed by atoms with E-state index in [4.69, 9.17) is 4.74 Å². The minimum Gasteiger partial charge on any atom is -0.486 e. The third kappa shape index (κ3) is 3.28. The fraction of sp³-hybridized carbons (Fsp3) is 0.364. The van der Waals surface area contributed by atoms with Crippen LogP contribution in [0.3, 0.4) is 0 Å². The second-order valence-electron chi connectivity index (χ2n) is 6.59. The summed E-state index contributed by atoms with van der Waals surface area (Å²) in [6.07, 6.45) is 0.769. The molecule has 2 atom stereocenters. The Morgan fingerprint density at radius 1 is 1.08 bits per heavy atom. The summed E-state index contributed by atoms with van der Waals surface area (Å²) < 4.78 is 19.6. The standard InChI is InChI=1S/C22H23FO3/c1-3-8-19(25)15-11-16(18(24)4-2)22-17(12-15)21(20(13-23)26-22)14-9-6-5-7-10-14/h5-7,9-12,20-21H,3-4,8,13H2,1-2H3/t20-,21+/m1/s1. The average molecular weight is 354 g/mol. The first-order valence-electron chi connectivity index (χ1n) is 9.12. The van der Waals surface area contributed by atoms with Gasteiger partial charge in [-0.1, -0.05) is 44.2 Å². The van der Waals surface area contributed by atoms with Crippen molar-refractivity contribution in [3.63, 3.8) is 0 Å². The molecule has 4 heteroatoms. The maximum absolute atomic E-state index is 13.7. The predicted molar refractivity (Wildman–Crippen MR) is 99.0 cm³/mol. The van der Waals surface area contributed by atoms with Gasteiger partial charge in [-0.25, -0.2) is 4.39 Å². The number of halogens is 1. The number of hydrogen-bond acceptors (Lipinski definition) is 3. The Bertz CT molecular complexity index is 814. The highest BCUT2D eigenvalue weighted by molar-refractivity contribution is 6.04. The zero-order valence-corrected chi connectivity index (χ0v) is 15.1. The van der Waals surface area contributed by atoms with Gasteiger partial charge >= 0.3 is 0 Å². The van der Waals surface area contributed by atoms with Gasteiger partial charge in [0.25, 0.3) is 0 Å². The van der Waals surface area contributed by atoms with Crippen LogP contribution in [0.2, 0.25) is 0 Å². The molecule has 1 aliphatic rings. The molecule has 0 spiro atoms. The Balaban J connectivity index is 2.18. The molecular weight excluding hydrogens is 331 g/mol. The monoisotopic (exact) mass is 354 g/mol. The van der Waals surface area contributed by atoms with E-state index in [-0.39, 0.29) is 17.5 Å². The molecule has 0 N–H and O–H groups in total. The Hall–Kier alpha value is -2.49. The molecule has 0 aliphatic carbocycles. The quantitative estimate of drug-likeness (QED) is 0.648. The molecule has 2 aromatic rings. The summed E-state index contributed by atoms with van der Waals surface area (Å²) in [7, 11) is 0. The Morgan fingerprint density at radius 2 is 1.81 bits per heavy atom. The van der Waals surface area contributed by atoms with Crippen LogP contribution in [0.4, 0.5) is 4.39 Å². The number of hydrogen-bond donors (Lipinski definition) is 0. The molecule has 1 heterocycles. The molecule has 0 bridgehead atoms. The minimum absolute atomic E-state index is 0.00374. The second kappa shape index (κ2) is 7.81. The molecule has 0 amide bonds. The predicted octanol–water partition coefficient (Wildman–Crippen LogP) is 5.12. The van der Waals surface area contributed by atoms with E-state index in [2.05, 4.69) is 0 Å². The lowest BCUT2D eigenvalue weighted by Gasteiger charge is -2.16. The van der Waals surface area contributed by atoms with E-state index >= 15 is 0 Å². The zero-order chi connectivity index (χ0) is 18.7. The zero-order valence-electron chi connectivity index (χ0n) is 15.1. The van der Waals surface area contributed by atoms with Crippen molar-refractivity contribution >= 4 is 11.6 Å². The number of carbonyl (C=O) groups excluding carboxylic acids is 2. The highest BCUT2D eigenvalue weighted by Gasteiger charge is 2.38. The number of ketones is 2. The van der Waals surface area contributed by atoms with E-state index in [1.54, 1.807) is 19.1 Å². The number of Topliss-reactive ketones (excluding diaryl/α,β-unsaturated/α-hetero) is 2. The first-order chi connectivity index (χ1) is 12.6. The topological polar surface area (TPSA) is 43.4 Å². The van der Waals surface area contributed by atoms with Crippen molar-refractivity contribution in [2.24, 2.45) is 0 Å². The van der Waals surface area contributed by atoms with Gasteiger partial charge in [-0.05, 0) is 24.1 Å². The fourth-order valence-corrected chi connectivity index (χ4v) is 3.54. The summed E-state index contributed by atoms with van der Waals surface area (Å²) in [5.41, 5.74) is 2.55. The van der Waals surface area contributed by atoms with Crippen LogP contribution >= 0.6 is 0 Å². The van der Waals surface area contributed by atoms with Crippen LogP contribution < -0.4 is 4.74 Å². The summed E-state index contributed by atoms with van der Waals surface area (Å²) in [5, 5.41) is 0. The van der Waals surface area contributed by atoms with Gasteiger partial charge in [0.2, 0.25) is 0 Å². The lowest BCUT2D eigenvalue weighted by atomic mass is 9.85. The van der Waals surface area contributed by atoms with Gasteiger partial charge in [0, 0.05) is 24.0 Å².